The predicted octanol–water partition coefficient (Wildman–Crippen LogP) is 3.11. The van der Waals surface area contributed by atoms with Crippen molar-refractivity contribution in [3.8, 4) is 6.07 Å². The van der Waals surface area contributed by atoms with Crippen LogP contribution in [0.1, 0.15) is 78.1 Å². The summed E-state index contributed by atoms with van der Waals surface area (Å²) in [5.41, 5.74) is 0. The van der Waals surface area contributed by atoms with E-state index in [0.29, 0.717) is 55.2 Å². The Kier molecular flexibility index (Phi) is 10.2. The Morgan fingerprint density at radius 2 is 1.38 bits per heavy atom. The van der Waals surface area contributed by atoms with Crippen LogP contribution in [0, 0.1) is 16.7 Å². The summed E-state index contributed by atoms with van der Waals surface area (Å²) in [5, 5.41) is 25.6. The Hall–Kier alpha value is -1.20. The lowest BCUT2D eigenvalue weighted by molar-refractivity contribution is 0.0981. The molecule has 0 bridgehead atoms. The van der Waals surface area contributed by atoms with Gasteiger partial charge in [0.25, 0.3) is 0 Å². The highest BCUT2D eigenvalue weighted by molar-refractivity contribution is 5.74. The zero-order valence-corrected chi connectivity index (χ0v) is 20.6. The molecule has 2 aliphatic carbocycles. The zero-order chi connectivity index (χ0) is 22.9. The molecule has 7 nitrogen and oxygen atoms in total. The summed E-state index contributed by atoms with van der Waals surface area (Å²) >= 11 is 0. The molecule has 2 saturated carbocycles. The minimum Gasteiger partial charge on any atom is -0.484 e. The third-order valence-corrected chi connectivity index (χ3v) is 7.96. The largest absolute Gasteiger partial charge is 0.484 e. The van der Waals surface area contributed by atoms with Crippen molar-refractivity contribution in [3.63, 3.8) is 0 Å². The maximum atomic E-state index is 9.51. The minimum absolute atomic E-state index is 0.364. The lowest BCUT2D eigenvalue weighted by Gasteiger charge is -2.44. The fraction of sp³-hybridized carbons (Fsp3) is 0.920. The number of hydrogen-bond donors (Lipinski definition) is 3. The summed E-state index contributed by atoms with van der Waals surface area (Å²) in [6.45, 7) is 7.71. The second kappa shape index (κ2) is 12.9. The van der Waals surface area contributed by atoms with Crippen LogP contribution in [0.3, 0.4) is 0 Å². The Morgan fingerprint density at radius 3 is 1.91 bits per heavy atom. The first-order valence-electron chi connectivity index (χ1n) is 13.0. The van der Waals surface area contributed by atoms with Gasteiger partial charge in [0, 0.05) is 49.3 Å². The first-order chi connectivity index (χ1) is 15.5. The molecule has 0 amide bonds. The Bertz CT molecular complexity index is 622. The first kappa shape index (κ1) is 25.4. The van der Waals surface area contributed by atoms with Crippen molar-refractivity contribution in [3.05, 3.63) is 0 Å². The lowest BCUT2D eigenvalue weighted by atomic mass is 9.87. The second-order valence-electron chi connectivity index (χ2n) is 10.4. The number of nitrogens with zero attached hydrogens (tertiary/aromatic N) is 3. The van der Waals surface area contributed by atoms with E-state index in [1.165, 1.54) is 51.4 Å². The Balaban J connectivity index is 1.80. The Labute approximate surface area is 195 Å². The van der Waals surface area contributed by atoms with Gasteiger partial charge in [-0.05, 0) is 52.4 Å². The van der Waals surface area contributed by atoms with Gasteiger partial charge in [0.05, 0.1) is 26.3 Å². The van der Waals surface area contributed by atoms with E-state index in [4.69, 9.17) is 10.1 Å². The van der Waals surface area contributed by atoms with Crippen molar-refractivity contribution in [1.29, 1.82) is 10.7 Å². The topological polar surface area (TPSA) is 87.4 Å². The third kappa shape index (κ3) is 7.15. The fourth-order valence-corrected chi connectivity index (χ4v) is 6.17. The number of nitriles is 1. The van der Waals surface area contributed by atoms with Crippen LogP contribution in [0.2, 0.25) is 0 Å². The van der Waals surface area contributed by atoms with Gasteiger partial charge in [-0.25, -0.2) is 0 Å². The molecule has 0 radical (unpaired) electrons. The highest BCUT2D eigenvalue weighted by Gasteiger charge is 2.34. The predicted molar refractivity (Wildman–Crippen MR) is 130 cm³/mol. The van der Waals surface area contributed by atoms with E-state index >= 15 is 0 Å². The molecule has 1 heterocycles. The molecule has 6 unspecified atom stereocenters. The van der Waals surface area contributed by atoms with Crippen LogP contribution in [-0.4, -0.2) is 85.2 Å². The normalized spacial score (nSPS) is 36.2. The van der Waals surface area contributed by atoms with Gasteiger partial charge in [-0.2, -0.15) is 5.26 Å². The van der Waals surface area contributed by atoms with E-state index in [0.717, 1.165) is 25.9 Å². The van der Waals surface area contributed by atoms with E-state index in [1.54, 1.807) is 7.11 Å². The van der Waals surface area contributed by atoms with E-state index in [1.807, 2.05) is 0 Å². The van der Waals surface area contributed by atoms with Gasteiger partial charge in [0.15, 0.2) is 5.90 Å². The number of methoxy groups -OCH3 is 1. The number of hydrogen-bond acceptors (Lipinski definition) is 7. The van der Waals surface area contributed by atoms with Gasteiger partial charge in [-0.3, -0.25) is 15.2 Å². The van der Waals surface area contributed by atoms with Gasteiger partial charge >= 0.3 is 0 Å². The summed E-state index contributed by atoms with van der Waals surface area (Å²) in [6.07, 6.45) is 12.0. The molecular weight excluding hydrogens is 400 g/mol. The molecule has 3 fully saturated rings. The van der Waals surface area contributed by atoms with E-state index in [9.17, 15) is 5.26 Å². The van der Waals surface area contributed by atoms with Crippen molar-refractivity contribution in [2.24, 2.45) is 0 Å². The molecule has 0 aromatic rings. The van der Waals surface area contributed by atoms with E-state index < -0.39 is 0 Å². The maximum Gasteiger partial charge on any atom is 0.194 e. The van der Waals surface area contributed by atoms with Crippen molar-refractivity contribution >= 4 is 5.90 Å². The van der Waals surface area contributed by atoms with Crippen molar-refractivity contribution < 1.29 is 4.74 Å². The molecule has 3 aliphatic rings. The van der Waals surface area contributed by atoms with E-state index in [-0.39, 0.29) is 0 Å². The molecule has 1 aliphatic heterocycles. The summed E-state index contributed by atoms with van der Waals surface area (Å²) < 4.78 is 5.27. The summed E-state index contributed by atoms with van der Waals surface area (Å²) in [5.74, 6) is 0.364. The molecule has 0 spiro atoms. The van der Waals surface area contributed by atoms with Gasteiger partial charge in [0.1, 0.15) is 0 Å². The molecule has 6 atom stereocenters. The van der Waals surface area contributed by atoms with Crippen LogP contribution < -0.4 is 10.6 Å². The number of ether oxygens (including phenoxy) is 1. The van der Waals surface area contributed by atoms with Crippen LogP contribution in [0.5, 0.6) is 0 Å². The molecule has 182 valence electrons. The van der Waals surface area contributed by atoms with Crippen LogP contribution >= 0.6 is 0 Å². The molecule has 0 aromatic heterocycles. The minimum atomic E-state index is 0.364. The van der Waals surface area contributed by atoms with Crippen molar-refractivity contribution in [2.45, 2.75) is 114 Å². The average molecular weight is 447 g/mol. The SMILES string of the molecule is COC(=N)CN1CCC(C)NC2CCCCC2N(CC#N)CCC(C)NC2CCCCC21. The van der Waals surface area contributed by atoms with Crippen molar-refractivity contribution in [1.82, 2.24) is 20.4 Å². The summed E-state index contributed by atoms with van der Waals surface area (Å²) in [7, 11) is 1.62. The van der Waals surface area contributed by atoms with E-state index in [2.05, 4.69) is 40.4 Å². The lowest BCUT2D eigenvalue weighted by Crippen LogP contribution is -2.58. The number of nitrogens with one attached hydrogen (secondary N) is 3. The summed E-state index contributed by atoms with van der Waals surface area (Å²) in [4.78, 5) is 4.97. The molecule has 7 heteroatoms. The van der Waals surface area contributed by atoms with Crippen LogP contribution in [-0.2, 0) is 4.74 Å². The smallest absolute Gasteiger partial charge is 0.194 e. The molecule has 3 rings (SSSR count). The van der Waals surface area contributed by atoms with Crippen LogP contribution in [0.4, 0.5) is 0 Å². The number of fused-ring (bicyclic) bond motifs is 2. The molecule has 1 saturated heterocycles. The van der Waals surface area contributed by atoms with Crippen molar-refractivity contribution in [2.75, 3.05) is 33.3 Å². The van der Waals surface area contributed by atoms with Gasteiger partial charge < -0.3 is 15.4 Å². The number of rotatable bonds is 3. The first-order valence-corrected chi connectivity index (χ1v) is 13.0. The van der Waals surface area contributed by atoms with Crippen LogP contribution in [0.15, 0.2) is 0 Å². The third-order valence-electron chi connectivity index (χ3n) is 7.96. The second-order valence-corrected chi connectivity index (χ2v) is 10.4. The van der Waals surface area contributed by atoms with Gasteiger partial charge in [0.2, 0.25) is 0 Å². The average Bonchev–Trinajstić information content (AvgIpc) is 2.79. The van der Waals surface area contributed by atoms with Gasteiger partial charge in [-0.1, -0.05) is 25.7 Å². The molecule has 0 aromatic carbocycles. The molecule has 32 heavy (non-hydrogen) atoms. The highest BCUT2D eigenvalue weighted by atomic mass is 16.5. The van der Waals surface area contributed by atoms with Gasteiger partial charge in [-0.15, -0.1) is 0 Å². The monoisotopic (exact) mass is 446 g/mol. The standard InChI is InChI=1S/C25H46N6O/c1-19-12-15-30(17-14-26)23-10-6-4-8-21(23)28-20(2)13-16-31(18-25(27)32-3)24-11-7-5-9-22(24)29-19/h19-24,27-29H,4-13,15-18H2,1-3H3. The zero-order valence-electron chi connectivity index (χ0n) is 20.6. The molecular formula is C25H46N6O. The highest BCUT2D eigenvalue weighted by Crippen LogP contribution is 2.27. The fourth-order valence-electron chi connectivity index (χ4n) is 6.17. The Morgan fingerprint density at radius 1 is 0.875 bits per heavy atom. The quantitative estimate of drug-likeness (QED) is 0.351. The summed E-state index contributed by atoms with van der Waals surface area (Å²) in [6, 6.07) is 5.12. The maximum absolute atomic E-state index is 9.51. The van der Waals surface area contributed by atoms with Crippen LogP contribution in [0.25, 0.3) is 0 Å². The molecule has 3 N–H and O–H groups in total.